The van der Waals surface area contributed by atoms with Crippen LogP contribution in [0.25, 0.3) is 6.08 Å². The van der Waals surface area contributed by atoms with E-state index in [9.17, 15) is 4.79 Å². The van der Waals surface area contributed by atoms with Crippen LogP contribution in [0.3, 0.4) is 0 Å². The molecule has 2 N–H and O–H groups in total. The van der Waals surface area contributed by atoms with Crippen molar-refractivity contribution in [1.29, 1.82) is 0 Å². The molecule has 1 rings (SSSR count). The zero-order valence-corrected chi connectivity index (χ0v) is 12.4. The third-order valence-electron chi connectivity index (χ3n) is 3.20. The van der Waals surface area contributed by atoms with Gasteiger partial charge in [0.05, 0.1) is 0 Å². The fourth-order valence-electron chi connectivity index (χ4n) is 1.82. The van der Waals surface area contributed by atoms with E-state index in [4.69, 9.17) is 5.11 Å². The molecular formula is C17H25NO2. The molecule has 0 fully saturated rings. The van der Waals surface area contributed by atoms with Gasteiger partial charge in [0.15, 0.2) is 0 Å². The first-order valence-electron chi connectivity index (χ1n) is 7.13. The molecule has 0 aliphatic heterocycles. The topological polar surface area (TPSA) is 49.3 Å². The molecule has 0 aliphatic rings. The van der Waals surface area contributed by atoms with Crippen LogP contribution in [0.2, 0.25) is 0 Å². The van der Waals surface area contributed by atoms with Crippen LogP contribution in [0.4, 0.5) is 0 Å². The maximum atomic E-state index is 11.7. The molecule has 0 unspecified atom stereocenters. The van der Waals surface area contributed by atoms with Gasteiger partial charge in [0.2, 0.25) is 5.91 Å². The second kappa shape index (κ2) is 8.54. The quantitative estimate of drug-likeness (QED) is 0.766. The molecular weight excluding hydrogens is 250 g/mol. The fourth-order valence-corrected chi connectivity index (χ4v) is 1.82. The average molecular weight is 275 g/mol. The summed E-state index contributed by atoms with van der Waals surface area (Å²) in [5.74, 6) is 0.0636. The lowest BCUT2D eigenvalue weighted by Crippen LogP contribution is -2.34. The number of benzene rings is 1. The highest BCUT2D eigenvalue weighted by Crippen LogP contribution is 2.17. The summed E-state index contributed by atoms with van der Waals surface area (Å²) in [5, 5.41) is 11.8. The van der Waals surface area contributed by atoms with Gasteiger partial charge in [-0.15, -0.1) is 0 Å². The van der Waals surface area contributed by atoms with E-state index in [1.807, 2.05) is 56.3 Å². The van der Waals surface area contributed by atoms with Crippen LogP contribution in [0.1, 0.15) is 38.7 Å². The minimum atomic E-state index is -0.0513. The normalized spacial score (nSPS) is 11.8. The molecule has 0 atom stereocenters. The van der Waals surface area contributed by atoms with Gasteiger partial charge in [0.25, 0.3) is 0 Å². The predicted octanol–water partition coefficient (Wildman–Crippen LogP) is 3.00. The van der Waals surface area contributed by atoms with Crippen molar-refractivity contribution in [2.75, 3.05) is 13.2 Å². The molecule has 0 spiro atoms. The number of hydrogen-bond donors (Lipinski definition) is 2. The number of amides is 1. The molecule has 20 heavy (non-hydrogen) atoms. The minimum absolute atomic E-state index is 0.0513. The zero-order valence-electron chi connectivity index (χ0n) is 12.4. The highest BCUT2D eigenvalue weighted by molar-refractivity contribution is 5.76. The van der Waals surface area contributed by atoms with E-state index in [1.54, 1.807) is 0 Å². The summed E-state index contributed by atoms with van der Waals surface area (Å²) < 4.78 is 0. The summed E-state index contributed by atoms with van der Waals surface area (Å²) >= 11 is 0. The highest BCUT2D eigenvalue weighted by atomic mass is 16.3. The molecule has 110 valence electrons. The average Bonchev–Trinajstić information content (AvgIpc) is 2.43. The molecule has 1 aromatic rings. The van der Waals surface area contributed by atoms with Crippen LogP contribution in [0.5, 0.6) is 0 Å². The van der Waals surface area contributed by atoms with Crippen molar-refractivity contribution in [3.63, 3.8) is 0 Å². The van der Waals surface area contributed by atoms with Gasteiger partial charge >= 0.3 is 0 Å². The first-order valence-corrected chi connectivity index (χ1v) is 7.13. The van der Waals surface area contributed by atoms with Gasteiger partial charge < -0.3 is 10.4 Å². The maximum absolute atomic E-state index is 11.7. The van der Waals surface area contributed by atoms with Crippen molar-refractivity contribution < 1.29 is 9.90 Å². The Hall–Kier alpha value is -1.61. The number of aliphatic hydroxyl groups excluding tert-OH is 1. The summed E-state index contributed by atoms with van der Waals surface area (Å²) in [7, 11) is 0. The Bertz CT molecular complexity index is 424. The van der Waals surface area contributed by atoms with Crippen molar-refractivity contribution in [3.05, 3.63) is 42.0 Å². The summed E-state index contributed by atoms with van der Waals surface area (Å²) in [6.07, 6.45) is 5.98. The van der Waals surface area contributed by atoms with Gasteiger partial charge in [-0.1, -0.05) is 56.3 Å². The number of hydrogen-bond acceptors (Lipinski definition) is 2. The first kappa shape index (κ1) is 16.4. The fraction of sp³-hybridized carbons (Fsp3) is 0.471. The van der Waals surface area contributed by atoms with E-state index < -0.39 is 0 Å². The van der Waals surface area contributed by atoms with Crippen molar-refractivity contribution >= 4 is 12.0 Å². The number of aliphatic hydroxyl groups is 1. The van der Waals surface area contributed by atoms with Crippen molar-refractivity contribution in [3.8, 4) is 0 Å². The van der Waals surface area contributed by atoms with Crippen molar-refractivity contribution in [2.45, 2.75) is 33.1 Å². The maximum Gasteiger partial charge on any atom is 0.220 e. The van der Waals surface area contributed by atoms with Crippen LogP contribution >= 0.6 is 0 Å². The second-order valence-corrected chi connectivity index (χ2v) is 5.77. The molecule has 0 bridgehead atoms. The summed E-state index contributed by atoms with van der Waals surface area (Å²) in [5.41, 5.74) is 1.10. The van der Waals surface area contributed by atoms with Crippen LogP contribution in [-0.2, 0) is 4.79 Å². The Morgan fingerprint density at radius 2 is 2.00 bits per heavy atom. The van der Waals surface area contributed by atoms with Crippen LogP contribution in [0.15, 0.2) is 36.4 Å². The number of carbonyl (C=O) groups is 1. The number of carbonyl (C=O) groups excluding carboxylic acids is 1. The van der Waals surface area contributed by atoms with Crippen LogP contribution in [0, 0.1) is 5.41 Å². The van der Waals surface area contributed by atoms with Gasteiger partial charge in [0.1, 0.15) is 0 Å². The van der Waals surface area contributed by atoms with E-state index in [2.05, 4.69) is 5.32 Å². The number of allylic oxidation sites excluding steroid dienone is 1. The van der Waals surface area contributed by atoms with Gasteiger partial charge in [-0.2, -0.15) is 0 Å². The Kier molecular flexibility index (Phi) is 7.02. The van der Waals surface area contributed by atoms with E-state index in [1.165, 1.54) is 0 Å². The predicted molar refractivity (Wildman–Crippen MR) is 83.2 cm³/mol. The molecule has 1 amide bonds. The smallest absolute Gasteiger partial charge is 0.220 e. The van der Waals surface area contributed by atoms with Gasteiger partial charge in [-0.05, 0) is 23.8 Å². The lowest BCUT2D eigenvalue weighted by molar-refractivity contribution is -0.121. The number of nitrogens with one attached hydrogen (secondary N) is 1. The second-order valence-electron chi connectivity index (χ2n) is 5.77. The summed E-state index contributed by atoms with van der Waals surface area (Å²) in [6.45, 7) is 4.84. The summed E-state index contributed by atoms with van der Waals surface area (Å²) in [6, 6.07) is 10.0. The molecule has 0 aliphatic carbocycles. The zero-order chi connectivity index (χ0) is 14.8. The molecule has 0 aromatic heterocycles. The van der Waals surface area contributed by atoms with Crippen molar-refractivity contribution in [1.82, 2.24) is 5.32 Å². The summed E-state index contributed by atoms with van der Waals surface area (Å²) in [4.78, 5) is 11.7. The monoisotopic (exact) mass is 275 g/mol. The van der Waals surface area contributed by atoms with E-state index in [0.29, 0.717) is 19.4 Å². The van der Waals surface area contributed by atoms with Gasteiger partial charge in [-0.3, -0.25) is 4.79 Å². The third kappa shape index (κ3) is 7.10. The van der Waals surface area contributed by atoms with Gasteiger partial charge in [-0.25, -0.2) is 0 Å². The SMILES string of the molecule is CC(C)(CCO)CNC(=O)CC/C=C/c1ccccc1. The molecule has 0 radical (unpaired) electrons. The standard InChI is InChI=1S/C17H25NO2/c1-17(2,12-13-19)14-18-16(20)11-7-6-10-15-8-4-3-5-9-15/h3-6,8-10,19H,7,11-14H2,1-2H3,(H,18,20)/b10-6+. The first-order chi connectivity index (χ1) is 9.53. The molecule has 3 nitrogen and oxygen atoms in total. The van der Waals surface area contributed by atoms with E-state index in [-0.39, 0.29) is 17.9 Å². The van der Waals surface area contributed by atoms with E-state index >= 15 is 0 Å². The Morgan fingerprint density at radius 3 is 2.65 bits per heavy atom. The Balaban J connectivity index is 2.22. The van der Waals surface area contributed by atoms with Gasteiger partial charge in [0, 0.05) is 19.6 Å². The van der Waals surface area contributed by atoms with Crippen LogP contribution in [-0.4, -0.2) is 24.2 Å². The lowest BCUT2D eigenvalue weighted by atomic mass is 9.90. The minimum Gasteiger partial charge on any atom is -0.396 e. The molecule has 3 heteroatoms. The Morgan fingerprint density at radius 1 is 1.30 bits per heavy atom. The highest BCUT2D eigenvalue weighted by Gasteiger charge is 2.17. The number of rotatable bonds is 8. The molecule has 0 saturated carbocycles. The molecule has 0 heterocycles. The largest absolute Gasteiger partial charge is 0.396 e. The lowest BCUT2D eigenvalue weighted by Gasteiger charge is -2.23. The third-order valence-corrected chi connectivity index (χ3v) is 3.20. The molecule has 0 saturated heterocycles. The van der Waals surface area contributed by atoms with Crippen molar-refractivity contribution in [2.24, 2.45) is 5.41 Å². The molecule has 1 aromatic carbocycles. The van der Waals surface area contributed by atoms with Crippen LogP contribution < -0.4 is 5.32 Å². The Labute approximate surface area is 121 Å². The van der Waals surface area contributed by atoms with E-state index in [0.717, 1.165) is 12.0 Å².